The van der Waals surface area contributed by atoms with Gasteiger partial charge in [-0.3, -0.25) is 9.78 Å². The zero-order chi connectivity index (χ0) is 13.0. The zero-order valence-corrected chi connectivity index (χ0v) is 11.4. The Morgan fingerprint density at radius 3 is 2.94 bits per heavy atom. The van der Waals surface area contributed by atoms with E-state index in [4.69, 9.17) is 11.6 Å². The van der Waals surface area contributed by atoms with Gasteiger partial charge in [-0.2, -0.15) is 0 Å². The number of aryl methyl sites for hydroxylation is 1. The summed E-state index contributed by atoms with van der Waals surface area (Å²) >= 11 is 6.27. The van der Waals surface area contributed by atoms with Crippen molar-refractivity contribution in [3.05, 3.63) is 29.6 Å². The van der Waals surface area contributed by atoms with Crippen molar-refractivity contribution >= 4 is 17.5 Å². The van der Waals surface area contributed by atoms with Crippen molar-refractivity contribution in [1.82, 2.24) is 10.3 Å². The molecule has 3 nitrogen and oxygen atoms in total. The Hall–Kier alpha value is -1.09. The van der Waals surface area contributed by atoms with Crippen LogP contribution in [0.5, 0.6) is 0 Å². The minimum atomic E-state index is -0.0550. The Morgan fingerprint density at radius 1 is 1.44 bits per heavy atom. The average molecular weight is 267 g/mol. The normalized spacial score (nSPS) is 23.7. The average Bonchev–Trinajstić information content (AvgIpc) is 2.37. The Kier molecular flexibility index (Phi) is 4.59. The standard InChI is InChI=1S/C14H19ClN2O/c1-10-6-12(8-16-7-10)14(18)17-9-11-4-2-3-5-13(11)15/h6-8,11,13H,2-5,9H2,1H3,(H,17,18). The van der Waals surface area contributed by atoms with E-state index in [2.05, 4.69) is 10.3 Å². The summed E-state index contributed by atoms with van der Waals surface area (Å²) in [6, 6.07) is 1.85. The summed E-state index contributed by atoms with van der Waals surface area (Å²) in [5.41, 5.74) is 1.62. The molecular formula is C14H19ClN2O. The van der Waals surface area contributed by atoms with Crippen LogP contribution in [0, 0.1) is 12.8 Å². The van der Waals surface area contributed by atoms with Gasteiger partial charge in [0.1, 0.15) is 0 Å². The molecule has 1 N–H and O–H groups in total. The molecule has 1 amide bonds. The van der Waals surface area contributed by atoms with Crippen LogP contribution >= 0.6 is 11.6 Å². The SMILES string of the molecule is Cc1cncc(C(=O)NCC2CCCCC2Cl)c1. The second-order valence-electron chi connectivity index (χ2n) is 5.02. The molecule has 0 spiro atoms. The molecule has 98 valence electrons. The smallest absolute Gasteiger partial charge is 0.252 e. The molecule has 1 aromatic heterocycles. The van der Waals surface area contributed by atoms with E-state index in [9.17, 15) is 4.79 Å². The largest absolute Gasteiger partial charge is 0.352 e. The van der Waals surface area contributed by atoms with Gasteiger partial charge in [-0.05, 0) is 37.3 Å². The van der Waals surface area contributed by atoms with E-state index in [0.717, 1.165) is 18.4 Å². The summed E-state index contributed by atoms with van der Waals surface area (Å²) in [7, 11) is 0. The van der Waals surface area contributed by atoms with Crippen molar-refractivity contribution in [2.45, 2.75) is 38.0 Å². The summed E-state index contributed by atoms with van der Waals surface area (Å²) in [6.07, 6.45) is 7.94. The van der Waals surface area contributed by atoms with Crippen molar-refractivity contribution < 1.29 is 4.79 Å². The monoisotopic (exact) mass is 266 g/mol. The van der Waals surface area contributed by atoms with Gasteiger partial charge in [0.2, 0.25) is 0 Å². The molecule has 1 fully saturated rings. The van der Waals surface area contributed by atoms with E-state index in [1.807, 2.05) is 13.0 Å². The molecule has 2 atom stereocenters. The van der Waals surface area contributed by atoms with Gasteiger partial charge in [0, 0.05) is 24.3 Å². The minimum Gasteiger partial charge on any atom is -0.352 e. The lowest BCUT2D eigenvalue weighted by molar-refractivity contribution is 0.0943. The Morgan fingerprint density at radius 2 is 2.22 bits per heavy atom. The first kappa shape index (κ1) is 13.3. The maximum absolute atomic E-state index is 12.0. The Labute approximate surface area is 113 Å². The number of carbonyl (C=O) groups is 1. The van der Waals surface area contributed by atoms with Gasteiger partial charge in [-0.25, -0.2) is 0 Å². The summed E-state index contributed by atoms with van der Waals surface area (Å²) < 4.78 is 0. The third kappa shape index (κ3) is 3.45. The van der Waals surface area contributed by atoms with Gasteiger partial charge in [0.25, 0.3) is 5.91 Å². The predicted molar refractivity (Wildman–Crippen MR) is 72.9 cm³/mol. The van der Waals surface area contributed by atoms with Gasteiger partial charge >= 0.3 is 0 Å². The van der Waals surface area contributed by atoms with E-state index in [1.165, 1.54) is 12.8 Å². The topological polar surface area (TPSA) is 42.0 Å². The Bertz CT molecular complexity index is 422. The predicted octanol–water partition coefficient (Wildman–Crippen LogP) is 2.92. The van der Waals surface area contributed by atoms with E-state index >= 15 is 0 Å². The van der Waals surface area contributed by atoms with E-state index in [0.29, 0.717) is 18.0 Å². The maximum atomic E-state index is 12.0. The summed E-state index contributed by atoms with van der Waals surface area (Å²) in [5.74, 6) is 0.350. The molecule has 0 radical (unpaired) electrons. The van der Waals surface area contributed by atoms with Crippen molar-refractivity contribution in [3.63, 3.8) is 0 Å². The molecule has 0 aliphatic heterocycles. The number of nitrogens with zero attached hydrogens (tertiary/aromatic N) is 1. The summed E-state index contributed by atoms with van der Waals surface area (Å²) in [4.78, 5) is 16.0. The third-order valence-corrected chi connectivity index (χ3v) is 4.05. The minimum absolute atomic E-state index is 0.0550. The van der Waals surface area contributed by atoms with E-state index < -0.39 is 0 Å². The zero-order valence-electron chi connectivity index (χ0n) is 10.7. The van der Waals surface area contributed by atoms with Gasteiger partial charge in [-0.1, -0.05) is 12.8 Å². The molecule has 0 bridgehead atoms. The van der Waals surface area contributed by atoms with E-state index in [1.54, 1.807) is 12.4 Å². The molecular weight excluding hydrogens is 248 g/mol. The number of alkyl halides is 1. The molecule has 2 rings (SSSR count). The number of halogens is 1. The molecule has 1 aromatic rings. The van der Waals surface area contributed by atoms with Gasteiger partial charge in [0.15, 0.2) is 0 Å². The third-order valence-electron chi connectivity index (χ3n) is 3.48. The number of hydrogen-bond acceptors (Lipinski definition) is 2. The first-order chi connectivity index (χ1) is 8.66. The van der Waals surface area contributed by atoms with Crippen LogP contribution in [0.4, 0.5) is 0 Å². The van der Waals surface area contributed by atoms with Crippen LogP contribution in [0.1, 0.15) is 41.6 Å². The molecule has 2 unspecified atom stereocenters. The lowest BCUT2D eigenvalue weighted by atomic mass is 9.88. The van der Waals surface area contributed by atoms with Crippen molar-refractivity contribution in [1.29, 1.82) is 0 Å². The van der Waals surface area contributed by atoms with Crippen LogP contribution in [0.15, 0.2) is 18.5 Å². The number of pyridine rings is 1. The van der Waals surface area contributed by atoms with Gasteiger partial charge in [0.05, 0.1) is 5.56 Å². The quantitative estimate of drug-likeness (QED) is 0.855. The second kappa shape index (κ2) is 6.19. The highest BCUT2D eigenvalue weighted by Crippen LogP contribution is 2.28. The molecule has 18 heavy (non-hydrogen) atoms. The van der Waals surface area contributed by atoms with Crippen LogP contribution in [0.3, 0.4) is 0 Å². The number of aromatic nitrogens is 1. The highest BCUT2D eigenvalue weighted by atomic mass is 35.5. The highest BCUT2D eigenvalue weighted by molar-refractivity contribution is 6.20. The van der Waals surface area contributed by atoms with Crippen LogP contribution < -0.4 is 5.32 Å². The summed E-state index contributed by atoms with van der Waals surface area (Å²) in [5, 5.41) is 3.17. The van der Waals surface area contributed by atoms with E-state index in [-0.39, 0.29) is 11.3 Å². The Balaban J connectivity index is 1.88. The van der Waals surface area contributed by atoms with Crippen molar-refractivity contribution in [2.24, 2.45) is 5.92 Å². The lowest BCUT2D eigenvalue weighted by Crippen LogP contribution is -2.34. The number of amides is 1. The molecule has 1 saturated carbocycles. The first-order valence-corrected chi connectivity index (χ1v) is 6.94. The molecule has 0 aromatic carbocycles. The number of nitrogens with one attached hydrogen (secondary N) is 1. The number of carbonyl (C=O) groups excluding carboxylic acids is 1. The molecule has 1 aliphatic rings. The number of rotatable bonds is 3. The summed E-state index contributed by atoms with van der Waals surface area (Å²) in [6.45, 7) is 2.60. The molecule has 0 saturated heterocycles. The van der Waals surface area contributed by atoms with Crippen molar-refractivity contribution in [3.8, 4) is 0 Å². The fraction of sp³-hybridized carbons (Fsp3) is 0.571. The second-order valence-corrected chi connectivity index (χ2v) is 5.58. The molecule has 1 heterocycles. The van der Waals surface area contributed by atoms with Gasteiger partial charge < -0.3 is 5.32 Å². The van der Waals surface area contributed by atoms with Crippen LogP contribution in [-0.2, 0) is 0 Å². The van der Waals surface area contributed by atoms with Gasteiger partial charge in [-0.15, -0.1) is 11.6 Å². The van der Waals surface area contributed by atoms with Crippen molar-refractivity contribution in [2.75, 3.05) is 6.54 Å². The number of hydrogen-bond donors (Lipinski definition) is 1. The molecule has 1 aliphatic carbocycles. The maximum Gasteiger partial charge on any atom is 0.252 e. The van der Waals surface area contributed by atoms with Crippen LogP contribution in [-0.4, -0.2) is 22.8 Å². The fourth-order valence-electron chi connectivity index (χ4n) is 2.40. The first-order valence-electron chi connectivity index (χ1n) is 6.51. The lowest BCUT2D eigenvalue weighted by Gasteiger charge is -2.27. The fourth-order valence-corrected chi connectivity index (χ4v) is 2.77. The highest BCUT2D eigenvalue weighted by Gasteiger charge is 2.23. The molecule has 4 heteroatoms. The van der Waals surface area contributed by atoms with Crippen LogP contribution in [0.25, 0.3) is 0 Å². The van der Waals surface area contributed by atoms with Crippen LogP contribution in [0.2, 0.25) is 0 Å².